The van der Waals surface area contributed by atoms with Gasteiger partial charge in [-0.2, -0.15) is 18.3 Å². The Morgan fingerprint density at radius 2 is 1.95 bits per heavy atom. The van der Waals surface area contributed by atoms with Gasteiger partial charge in [0.05, 0.1) is 11.8 Å². The van der Waals surface area contributed by atoms with E-state index in [0.29, 0.717) is 13.1 Å². The van der Waals surface area contributed by atoms with E-state index in [9.17, 15) is 18.0 Å². The smallest absolute Gasteiger partial charge is 0.335 e. The number of rotatable bonds is 2. The highest BCUT2D eigenvalue weighted by molar-refractivity contribution is 5.95. The van der Waals surface area contributed by atoms with Crippen molar-refractivity contribution in [3.8, 4) is 0 Å². The number of piperazine rings is 1. The standard InChI is InChI=1S/C13H19F3N4O/c1-4-20-11(13(14,15)16)10(5-17-20)12(21)19-6-8(2)18-9(3)7-19/h5,8-9,18H,4,6-7H2,1-3H3/t8-,9+. The molecule has 1 aliphatic rings. The molecule has 1 aliphatic heterocycles. The number of aromatic nitrogens is 2. The molecule has 8 heteroatoms. The number of carbonyl (C=O) groups is 1. The number of halogens is 3. The van der Waals surface area contributed by atoms with Crippen LogP contribution >= 0.6 is 0 Å². The minimum absolute atomic E-state index is 0.0493. The average molecular weight is 304 g/mol. The number of nitrogens with one attached hydrogen (secondary N) is 1. The van der Waals surface area contributed by atoms with Crippen LogP contribution < -0.4 is 5.32 Å². The lowest BCUT2D eigenvalue weighted by atomic mass is 10.1. The second kappa shape index (κ2) is 5.67. The van der Waals surface area contributed by atoms with Gasteiger partial charge in [0.1, 0.15) is 0 Å². The summed E-state index contributed by atoms with van der Waals surface area (Å²) in [5.74, 6) is -0.609. The molecule has 0 radical (unpaired) electrons. The van der Waals surface area contributed by atoms with Crippen molar-refractivity contribution in [1.29, 1.82) is 0 Å². The lowest BCUT2D eigenvalue weighted by Crippen LogP contribution is -2.56. The molecule has 2 atom stereocenters. The summed E-state index contributed by atoms with van der Waals surface area (Å²) >= 11 is 0. The predicted octanol–water partition coefficient (Wildman–Crippen LogP) is 1.74. The summed E-state index contributed by atoms with van der Waals surface area (Å²) < 4.78 is 40.3. The molecule has 1 N–H and O–H groups in total. The van der Waals surface area contributed by atoms with Crippen LogP contribution in [0.15, 0.2) is 6.20 Å². The van der Waals surface area contributed by atoms with Gasteiger partial charge in [0.25, 0.3) is 5.91 Å². The van der Waals surface area contributed by atoms with Gasteiger partial charge in [-0.3, -0.25) is 9.48 Å². The highest BCUT2D eigenvalue weighted by Crippen LogP contribution is 2.32. The molecule has 1 aromatic heterocycles. The average Bonchev–Trinajstić information content (AvgIpc) is 2.80. The Hall–Kier alpha value is -1.57. The fourth-order valence-corrected chi connectivity index (χ4v) is 2.74. The predicted molar refractivity (Wildman–Crippen MR) is 70.9 cm³/mol. The first-order valence-electron chi connectivity index (χ1n) is 6.92. The summed E-state index contributed by atoms with van der Waals surface area (Å²) in [6.07, 6.45) is -3.57. The van der Waals surface area contributed by atoms with Crippen LogP contribution in [0.1, 0.15) is 36.8 Å². The first-order chi connectivity index (χ1) is 9.74. The molecule has 1 amide bonds. The normalized spacial score (nSPS) is 23.4. The monoisotopic (exact) mass is 304 g/mol. The lowest BCUT2D eigenvalue weighted by molar-refractivity contribution is -0.144. The third-order valence-electron chi connectivity index (χ3n) is 3.48. The van der Waals surface area contributed by atoms with Crippen molar-refractivity contribution in [3.63, 3.8) is 0 Å². The molecule has 0 aliphatic carbocycles. The zero-order valence-electron chi connectivity index (χ0n) is 12.2. The molecule has 0 saturated carbocycles. The summed E-state index contributed by atoms with van der Waals surface area (Å²) in [5.41, 5.74) is -1.33. The van der Waals surface area contributed by atoms with Gasteiger partial charge in [-0.15, -0.1) is 0 Å². The Labute approximate surface area is 121 Å². The molecule has 0 spiro atoms. The molecule has 2 rings (SSSR count). The van der Waals surface area contributed by atoms with E-state index in [1.807, 2.05) is 13.8 Å². The Morgan fingerprint density at radius 1 is 1.38 bits per heavy atom. The van der Waals surface area contributed by atoms with Crippen molar-refractivity contribution in [2.75, 3.05) is 13.1 Å². The van der Waals surface area contributed by atoms with Gasteiger partial charge in [0, 0.05) is 31.7 Å². The van der Waals surface area contributed by atoms with Crippen LogP contribution in [-0.2, 0) is 12.7 Å². The van der Waals surface area contributed by atoms with E-state index in [2.05, 4.69) is 10.4 Å². The lowest BCUT2D eigenvalue weighted by Gasteiger charge is -2.36. The van der Waals surface area contributed by atoms with Crippen LogP contribution in [-0.4, -0.2) is 45.8 Å². The maximum Gasteiger partial charge on any atom is 0.433 e. The Bertz CT molecular complexity index is 516. The van der Waals surface area contributed by atoms with E-state index in [4.69, 9.17) is 0 Å². The van der Waals surface area contributed by atoms with Crippen molar-refractivity contribution in [2.45, 2.75) is 45.6 Å². The van der Waals surface area contributed by atoms with E-state index in [1.165, 1.54) is 4.90 Å². The highest BCUT2D eigenvalue weighted by Gasteiger charge is 2.41. The fraction of sp³-hybridized carbons (Fsp3) is 0.692. The van der Waals surface area contributed by atoms with Gasteiger partial charge in [-0.05, 0) is 20.8 Å². The zero-order valence-corrected chi connectivity index (χ0v) is 12.2. The second-order valence-corrected chi connectivity index (χ2v) is 5.40. The molecule has 1 saturated heterocycles. The molecule has 1 aromatic rings. The maximum atomic E-state index is 13.2. The van der Waals surface area contributed by atoms with Gasteiger partial charge in [-0.25, -0.2) is 0 Å². The van der Waals surface area contributed by atoms with Gasteiger partial charge in [0.15, 0.2) is 5.69 Å². The molecule has 5 nitrogen and oxygen atoms in total. The van der Waals surface area contributed by atoms with Crippen LogP contribution in [0.4, 0.5) is 13.2 Å². The first kappa shape index (κ1) is 15.8. The van der Waals surface area contributed by atoms with Crippen LogP contribution in [0.25, 0.3) is 0 Å². The van der Waals surface area contributed by atoms with Gasteiger partial charge in [0.2, 0.25) is 0 Å². The number of carbonyl (C=O) groups excluding carboxylic acids is 1. The number of aryl methyl sites for hydroxylation is 1. The molecule has 0 aromatic carbocycles. The summed E-state index contributed by atoms with van der Waals surface area (Å²) in [7, 11) is 0. The maximum absolute atomic E-state index is 13.2. The fourth-order valence-electron chi connectivity index (χ4n) is 2.74. The number of amides is 1. The van der Waals surface area contributed by atoms with Crippen LogP contribution in [0, 0.1) is 0 Å². The number of alkyl halides is 3. The molecule has 0 unspecified atom stereocenters. The van der Waals surface area contributed by atoms with Gasteiger partial charge in [-0.1, -0.05) is 0 Å². The van der Waals surface area contributed by atoms with Crippen molar-refractivity contribution in [3.05, 3.63) is 17.5 Å². The molecule has 1 fully saturated rings. The van der Waals surface area contributed by atoms with Gasteiger partial charge >= 0.3 is 6.18 Å². The SMILES string of the molecule is CCn1ncc(C(=O)N2C[C@@H](C)N[C@@H](C)C2)c1C(F)(F)F. The quantitative estimate of drug-likeness (QED) is 0.905. The van der Waals surface area contributed by atoms with Crippen LogP contribution in [0.3, 0.4) is 0 Å². The number of nitrogens with zero attached hydrogens (tertiary/aromatic N) is 3. The van der Waals surface area contributed by atoms with Crippen molar-refractivity contribution < 1.29 is 18.0 Å². The second-order valence-electron chi connectivity index (χ2n) is 5.40. The number of hydrogen-bond acceptors (Lipinski definition) is 3. The van der Waals surface area contributed by atoms with E-state index in [0.717, 1.165) is 10.9 Å². The topological polar surface area (TPSA) is 50.2 Å². The van der Waals surface area contributed by atoms with Crippen molar-refractivity contribution >= 4 is 5.91 Å². The largest absolute Gasteiger partial charge is 0.433 e. The molecular formula is C13H19F3N4O. The van der Waals surface area contributed by atoms with Crippen molar-refractivity contribution in [2.24, 2.45) is 0 Å². The molecule has 118 valence electrons. The Kier molecular flexibility index (Phi) is 4.27. The summed E-state index contributed by atoms with van der Waals surface area (Å²) in [6, 6.07) is 0.0986. The van der Waals surface area contributed by atoms with Gasteiger partial charge < -0.3 is 10.2 Å². The molecule has 21 heavy (non-hydrogen) atoms. The van der Waals surface area contributed by atoms with E-state index < -0.39 is 17.8 Å². The van der Waals surface area contributed by atoms with Crippen LogP contribution in [0.2, 0.25) is 0 Å². The van der Waals surface area contributed by atoms with Crippen molar-refractivity contribution in [1.82, 2.24) is 20.0 Å². The molecule has 0 bridgehead atoms. The molecule has 2 heterocycles. The summed E-state index contributed by atoms with van der Waals surface area (Å²) in [4.78, 5) is 13.9. The number of hydrogen-bond donors (Lipinski definition) is 1. The minimum atomic E-state index is -4.59. The highest BCUT2D eigenvalue weighted by atomic mass is 19.4. The Morgan fingerprint density at radius 3 is 2.43 bits per heavy atom. The van der Waals surface area contributed by atoms with Crippen LogP contribution in [0.5, 0.6) is 0 Å². The van der Waals surface area contributed by atoms with E-state index in [1.54, 1.807) is 6.92 Å². The zero-order chi connectivity index (χ0) is 15.8. The van der Waals surface area contributed by atoms with E-state index >= 15 is 0 Å². The van der Waals surface area contributed by atoms with E-state index in [-0.39, 0.29) is 24.2 Å². The molecular weight excluding hydrogens is 285 g/mol. The summed E-state index contributed by atoms with van der Waals surface area (Å²) in [6.45, 7) is 6.20. The Balaban J connectivity index is 2.33. The summed E-state index contributed by atoms with van der Waals surface area (Å²) in [5, 5.41) is 6.93. The third-order valence-corrected chi connectivity index (χ3v) is 3.48. The third kappa shape index (κ3) is 3.20. The minimum Gasteiger partial charge on any atom is -0.335 e. The first-order valence-corrected chi connectivity index (χ1v) is 6.92.